The number of aromatic nitrogens is 4. The van der Waals surface area contributed by atoms with Crippen molar-refractivity contribution in [1.82, 2.24) is 19.1 Å². The van der Waals surface area contributed by atoms with Crippen LogP contribution in [0, 0.1) is 31.1 Å². The van der Waals surface area contributed by atoms with Crippen LogP contribution in [0.25, 0.3) is 0 Å². The number of ether oxygens (including phenoxy) is 2. The number of rotatable bonds is 8. The normalized spacial score (nSPS) is 11.9. The smallest absolute Gasteiger partial charge is 0.350 e. The quantitative estimate of drug-likeness (QED) is 0.197. The van der Waals surface area contributed by atoms with E-state index in [2.05, 4.69) is 20.0 Å². The van der Waals surface area contributed by atoms with E-state index < -0.39 is 17.7 Å². The summed E-state index contributed by atoms with van der Waals surface area (Å²) >= 11 is 4.63. The number of esters is 2. The molecule has 16 heteroatoms. The molecule has 0 atom stereocenters. The molecule has 0 fully saturated rings. The van der Waals surface area contributed by atoms with Crippen LogP contribution in [0.15, 0.2) is 33.1 Å². The Labute approximate surface area is 250 Å². The molecule has 192 valence electrons. The fourth-order valence-corrected chi connectivity index (χ4v) is 6.16. The van der Waals surface area contributed by atoms with Gasteiger partial charge >= 0.3 is 11.9 Å². The molecule has 37 heavy (non-hydrogen) atoms. The molecular weight excluding hydrogens is 783 g/mol. The van der Waals surface area contributed by atoms with Crippen molar-refractivity contribution in [2.75, 3.05) is 13.2 Å². The molecule has 0 saturated heterocycles. The van der Waals surface area contributed by atoms with Crippen molar-refractivity contribution in [2.45, 2.75) is 13.8 Å². The third-order valence-corrected chi connectivity index (χ3v) is 8.11. The van der Waals surface area contributed by atoms with Gasteiger partial charge in [-0.15, -0.1) is 22.7 Å². The summed E-state index contributed by atoms with van der Waals surface area (Å²) in [6.45, 7) is 3.58. The van der Waals surface area contributed by atoms with Crippen LogP contribution in [0.4, 0.5) is 10.3 Å². The standard InChI is InChI=1S/C21H20N6O5S4.U/c1-5-31-16(29)14-11(23-19(35-14)25-20-26(3)8-10-34-20)13(28)12-15(17(30)32-6-2)36-21(27(12)4)24-18-22-7-9-33-18;/h7-10H,5-6H2,1-4H3;/b24-21+,25-20+;. The van der Waals surface area contributed by atoms with Gasteiger partial charge in [-0.2, -0.15) is 9.98 Å². The van der Waals surface area contributed by atoms with Crippen molar-refractivity contribution in [3.63, 3.8) is 0 Å². The first-order valence-electron chi connectivity index (χ1n) is 10.5. The first-order chi connectivity index (χ1) is 17.3. The predicted octanol–water partition coefficient (Wildman–Crippen LogP) is 3.45. The number of aryl methyl sites for hydroxylation is 1. The van der Waals surface area contributed by atoms with E-state index in [0.717, 1.165) is 22.7 Å². The molecule has 0 amide bonds. The van der Waals surface area contributed by atoms with Gasteiger partial charge in [0.15, 0.2) is 9.60 Å². The maximum absolute atomic E-state index is 13.8. The molecule has 0 spiro atoms. The molecule has 4 aromatic heterocycles. The predicted molar refractivity (Wildman–Crippen MR) is 137 cm³/mol. The van der Waals surface area contributed by atoms with Crippen LogP contribution in [-0.2, 0) is 23.6 Å². The van der Waals surface area contributed by atoms with Crippen LogP contribution in [0.5, 0.6) is 0 Å². The van der Waals surface area contributed by atoms with Gasteiger partial charge in [-0.1, -0.05) is 22.7 Å². The van der Waals surface area contributed by atoms with Gasteiger partial charge in [0.2, 0.25) is 16.0 Å². The Morgan fingerprint density at radius 3 is 2.19 bits per heavy atom. The van der Waals surface area contributed by atoms with Gasteiger partial charge in [-0.05, 0) is 13.8 Å². The van der Waals surface area contributed by atoms with Crippen LogP contribution < -0.4 is 9.60 Å². The molecule has 4 heterocycles. The minimum absolute atomic E-state index is 0. The molecule has 0 unspecified atom stereocenters. The molecule has 0 bridgehead atoms. The minimum Gasteiger partial charge on any atom is -0.462 e. The molecule has 11 nitrogen and oxygen atoms in total. The number of nitrogens with zero attached hydrogens (tertiary/aromatic N) is 6. The Balaban J connectivity index is 0.00000380. The van der Waals surface area contributed by atoms with Crippen molar-refractivity contribution in [3.8, 4) is 0 Å². The molecule has 0 aromatic carbocycles. The third-order valence-electron chi connectivity index (χ3n) is 4.56. The summed E-state index contributed by atoms with van der Waals surface area (Å²) < 4.78 is 13.6. The van der Waals surface area contributed by atoms with Crippen LogP contribution >= 0.6 is 45.3 Å². The second kappa shape index (κ2) is 13.0. The van der Waals surface area contributed by atoms with Gasteiger partial charge in [0.1, 0.15) is 21.1 Å². The van der Waals surface area contributed by atoms with Crippen molar-refractivity contribution in [3.05, 3.63) is 53.9 Å². The van der Waals surface area contributed by atoms with Crippen molar-refractivity contribution >= 4 is 73.3 Å². The molecule has 0 aliphatic carbocycles. The summed E-state index contributed by atoms with van der Waals surface area (Å²) in [5, 5.41) is 4.30. The van der Waals surface area contributed by atoms with Gasteiger partial charge in [0.25, 0.3) is 0 Å². The van der Waals surface area contributed by atoms with E-state index in [4.69, 9.17) is 9.47 Å². The second-order valence-electron chi connectivity index (χ2n) is 6.90. The zero-order valence-corrected chi connectivity index (χ0v) is 27.5. The number of hydrogen-bond donors (Lipinski definition) is 0. The third kappa shape index (κ3) is 6.44. The first kappa shape index (κ1) is 29.3. The van der Waals surface area contributed by atoms with Crippen molar-refractivity contribution < 1.29 is 55.0 Å². The fraction of sp³-hybridized carbons (Fsp3) is 0.286. The van der Waals surface area contributed by atoms with E-state index in [9.17, 15) is 14.4 Å². The summed E-state index contributed by atoms with van der Waals surface area (Å²) in [6, 6.07) is 0. The number of ketones is 1. The SMILES string of the molecule is CCOC(=O)c1sc(/N=c2/sccn2C)nc1C(=O)c1c(C(=O)OCC)s/c(=N/c2nccs2)n1C.[U]. The number of carbonyl (C=O) groups is 3. The van der Waals surface area contributed by atoms with E-state index in [0.29, 0.717) is 14.7 Å². The fourth-order valence-electron chi connectivity index (χ4n) is 2.97. The monoisotopic (exact) mass is 802 g/mol. The van der Waals surface area contributed by atoms with E-state index in [1.54, 1.807) is 37.0 Å². The van der Waals surface area contributed by atoms with E-state index >= 15 is 0 Å². The Morgan fingerprint density at radius 1 is 0.919 bits per heavy atom. The summed E-state index contributed by atoms with van der Waals surface area (Å²) in [5.74, 6) is -2.02. The number of carbonyl (C=O) groups excluding carboxylic acids is 3. The van der Waals surface area contributed by atoms with E-state index in [1.165, 1.54) is 27.2 Å². The summed E-state index contributed by atoms with van der Waals surface area (Å²) in [7, 11) is 3.43. The average molecular weight is 803 g/mol. The Bertz CT molecular complexity index is 1560. The minimum atomic E-state index is -0.696. The summed E-state index contributed by atoms with van der Waals surface area (Å²) in [5.41, 5.74) is -0.158. The van der Waals surface area contributed by atoms with E-state index in [1.807, 2.05) is 18.6 Å². The van der Waals surface area contributed by atoms with Crippen LogP contribution in [0.1, 0.15) is 49.4 Å². The first-order valence-corrected chi connectivity index (χ1v) is 13.9. The van der Waals surface area contributed by atoms with E-state index in [-0.39, 0.29) is 70.6 Å². The molecule has 0 saturated carbocycles. The van der Waals surface area contributed by atoms with Gasteiger partial charge in [-0.3, -0.25) is 4.79 Å². The molecule has 0 N–H and O–H groups in total. The molecule has 0 aliphatic heterocycles. The zero-order valence-electron chi connectivity index (χ0n) is 20.1. The Morgan fingerprint density at radius 2 is 1.59 bits per heavy atom. The molecule has 0 aliphatic rings. The molecule has 0 radical (unpaired) electrons. The van der Waals surface area contributed by atoms with Crippen LogP contribution in [0.2, 0.25) is 0 Å². The largest absolute Gasteiger partial charge is 0.462 e. The Kier molecular flexibility index (Phi) is 10.3. The average Bonchev–Trinajstić information content (AvgIpc) is 3.64. The topological polar surface area (TPSA) is 130 Å². The summed E-state index contributed by atoms with van der Waals surface area (Å²) in [6.07, 6.45) is 3.44. The number of thiazole rings is 4. The van der Waals surface area contributed by atoms with Gasteiger partial charge < -0.3 is 18.6 Å². The van der Waals surface area contributed by atoms with Crippen LogP contribution in [-0.4, -0.2) is 50.0 Å². The van der Waals surface area contributed by atoms with Gasteiger partial charge in [0.05, 0.1) is 13.2 Å². The maximum atomic E-state index is 13.8. The molecule has 4 aromatic rings. The molecular formula is C21H20N6O5S4U. The maximum Gasteiger partial charge on any atom is 0.350 e. The zero-order chi connectivity index (χ0) is 25.8. The summed E-state index contributed by atoms with van der Waals surface area (Å²) in [4.78, 5) is 57.8. The van der Waals surface area contributed by atoms with Crippen molar-refractivity contribution in [2.24, 2.45) is 24.1 Å². The second-order valence-corrected chi connectivity index (χ2v) is 10.6. The van der Waals surface area contributed by atoms with Crippen LogP contribution in [0.3, 0.4) is 0 Å². The number of hydrogen-bond acceptors (Lipinski definition) is 13. The van der Waals surface area contributed by atoms with Gasteiger partial charge in [-0.25, -0.2) is 19.6 Å². The van der Waals surface area contributed by atoms with Gasteiger partial charge in [0, 0.05) is 68.4 Å². The Hall–Kier alpha value is -2.22. The molecule has 4 rings (SSSR count). The van der Waals surface area contributed by atoms with Crippen molar-refractivity contribution in [1.29, 1.82) is 0 Å².